The molecule has 0 atom stereocenters. The van der Waals surface area contributed by atoms with Gasteiger partial charge in [0.1, 0.15) is 12.4 Å². The van der Waals surface area contributed by atoms with E-state index >= 15 is 0 Å². The number of hydrogen-bond donors (Lipinski definition) is 1. The number of carboxylic acid groups (broad SMARTS) is 1. The number of ether oxygens (including phenoxy) is 1. The maximum absolute atomic E-state index is 12.4. The number of carboxylic acids is 1. The van der Waals surface area contributed by atoms with Crippen LogP contribution in [0.5, 0.6) is 5.75 Å². The molecule has 45 heavy (non-hydrogen) atoms. The van der Waals surface area contributed by atoms with Gasteiger partial charge in [0.25, 0.3) is 0 Å². The molecule has 5 rings (SSSR count). The molecule has 2 aromatic heterocycles. The highest BCUT2D eigenvalue weighted by Gasteiger charge is 2.32. The second-order valence-corrected chi connectivity index (χ2v) is 12.9. The van der Waals surface area contributed by atoms with Crippen molar-refractivity contribution in [2.45, 2.75) is 56.9 Å². The molecular weight excluding hydrogens is 579 g/mol. The summed E-state index contributed by atoms with van der Waals surface area (Å²) in [5.41, 5.74) is 5.92. The Labute approximate surface area is 269 Å². The van der Waals surface area contributed by atoms with Gasteiger partial charge in [0.15, 0.2) is 0 Å². The topological polar surface area (TPSA) is 76.7 Å². The van der Waals surface area contributed by atoms with E-state index in [0.29, 0.717) is 24.4 Å². The van der Waals surface area contributed by atoms with Gasteiger partial charge in [-0.25, -0.2) is 0 Å². The molecule has 0 bridgehead atoms. The molecule has 7 heteroatoms. The maximum atomic E-state index is 12.4. The van der Waals surface area contributed by atoms with Crippen LogP contribution in [0.2, 0.25) is 0 Å². The summed E-state index contributed by atoms with van der Waals surface area (Å²) in [6.45, 7) is 12.5. The van der Waals surface area contributed by atoms with Crippen molar-refractivity contribution in [1.29, 1.82) is 0 Å². The molecular formula is C38H39N3O3S. The number of aryl methyl sites for hydroxylation is 1. The van der Waals surface area contributed by atoms with Gasteiger partial charge in [-0.2, -0.15) is 0 Å². The number of aliphatic carboxylic acids is 1. The van der Waals surface area contributed by atoms with Crippen molar-refractivity contribution in [3.63, 3.8) is 0 Å². The fourth-order valence-corrected chi connectivity index (χ4v) is 6.16. The summed E-state index contributed by atoms with van der Waals surface area (Å²) in [7, 11) is 0. The number of benzene rings is 3. The van der Waals surface area contributed by atoms with Crippen LogP contribution in [0.4, 0.5) is 0 Å². The predicted molar refractivity (Wildman–Crippen MR) is 185 cm³/mol. The van der Waals surface area contributed by atoms with E-state index in [4.69, 9.17) is 4.74 Å². The molecule has 0 amide bonds. The molecule has 2 heterocycles. The Morgan fingerprint density at radius 3 is 2.44 bits per heavy atom. The van der Waals surface area contributed by atoms with E-state index in [-0.39, 0.29) is 6.61 Å². The summed E-state index contributed by atoms with van der Waals surface area (Å²) in [4.78, 5) is 23.3. The zero-order valence-electron chi connectivity index (χ0n) is 26.3. The van der Waals surface area contributed by atoms with Gasteiger partial charge in [-0.1, -0.05) is 73.8 Å². The molecule has 0 saturated carbocycles. The van der Waals surface area contributed by atoms with Gasteiger partial charge in [0.05, 0.1) is 16.6 Å². The van der Waals surface area contributed by atoms with Crippen LogP contribution in [0.15, 0.2) is 118 Å². The van der Waals surface area contributed by atoms with Gasteiger partial charge in [-0.15, -0.1) is 0 Å². The summed E-state index contributed by atoms with van der Waals surface area (Å²) in [6.07, 6.45) is 4.91. The minimum absolute atomic E-state index is 0.283. The number of aromatic nitrogens is 2. The van der Waals surface area contributed by atoms with Crippen LogP contribution >= 0.6 is 11.8 Å². The van der Waals surface area contributed by atoms with Crippen LogP contribution in [0, 0.1) is 12.3 Å². The first-order chi connectivity index (χ1) is 21.6. The smallest absolute Gasteiger partial charge is 0.309 e. The van der Waals surface area contributed by atoms with Crippen LogP contribution in [0.25, 0.3) is 22.0 Å². The molecule has 1 N–H and O–H groups in total. The monoisotopic (exact) mass is 617 g/mol. The molecule has 0 aliphatic rings. The largest absolute Gasteiger partial charge is 0.487 e. The first-order valence-corrected chi connectivity index (χ1v) is 15.9. The average molecular weight is 618 g/mol. The van der Waals surface area contributed by atoms with E-state index < -0.39 is 11.4 Å². The minimum Gasteiger partial charge on any atom is -0.487 e. The Morgan fingerprint density at radius 1 is 1.04 bits per heavy atom. The van der Waals surface area contributed by atoms with Gasteiger partial charge >= 0.3 is 5.97 Å². The Morgan fingerprint density at radius 2 is 1.78 bits per heavy atom. The summed E-state index contributed by atoms with van der Waals surface area (Å²) in [5, 5.41) is 11.2. The molecule has 6 nitrogen and oxygen atoms in total. The third-order valence-electron chi connectivity index (χ3n) is 7.65. The first kappa shape index (κ1) is 31.8. The number of nitrogens with zero attached hydrogens (tertiary/aromatic N) is 3. The maximum Gasteiger partial charge on any atom is 0.309 e. The summed E-state index contributed by atoms with van der Waals surface area (Å²) >= 11 is 1.66. The molecule has 0 aliphatic carbocycles. The van der Waals surface area contributed by atoms with E-state index in [9.17, 15) is 9.90 Å². The molecule has 0 fully saturated rings. The second kappa shape index (κ2) is 14.0. The lowest BCUT2D eigenvalue weighted by molar-refractivity contribution is -0.146. The zero-order chi connectivity index (χ0) is 32.0. The van der Waals surface area contributed by atoms with E-state index in [1.54, 1.807) is 25.6 Å². The molecule has 0 saturated heterocycles. The van der Waals surface area contributed by atoms with Gasteiger partial charge in [-0.3, -0.25) is 14.8 Å². The molecule has 0 aliphatic heterocycles. The van der Waals surface area contributed by atoms with Crippen LogP contribution in [-0.4, -0.2) is 33.4 Å². The molecule has 5 aromatic rings. The lowest BCUT2D eigenvalue weighted by Gasteiger charge is -2.22. The molecule has 3 aromatic carbocycles. The van der Waals surface area contributed by atoms with Crippen LogP contribution < -0.4 is 4.74 Å². The Bertz CT molecular complexity index is 1820. The van der Waals surface area contributed by atoms with E-state index in [0.717, 1.165) is 55.2 Å². The zero-order valence-corrected chi connectivity index (χ0v) is 27.1. The number of rotatable bonds is 13. The molecule has 0 radical (unpaired) electrons. The molecule has 230 valence electrons. The predicted octanol–water partition coefficient (Wildman–Crippen LogP) is 9.24. The van der Waals surface area contributed by atoms with Crippen LogP contribution in [0.1, 0.15) is 44.1 Å². The van der Waals surface area contributed by atoms with Crippen LogP contribution in [-0.2, 0) is 17.8 Å². The van der Waals surface area contributed by atoms with Crippen molar-refractivity contribution in [2.75, 3.05) is 6.61 Å². The quantitative estimate of drug-likeness (QED) is 0.133. The van der Waals surface area contributed by atoms with Crippen LogP contribution in [0.3, 0.4) is 0 Å². The van der Waals surface area contributed by atoms with Crippen molar-refractivity contribution in [1.82, 2.24) is 9.55 Å². The minimum atomic E-state index is -0.977. The highest BCUT2D eigenvalue weighted by atomic mass is 32.2. The fourth-order valence-electron chi connectivity index (χ4n) is 5.07. The third-order valence-corrected chi connectivity index (χ3v) is 8.81. The summed E-state index contributed by atoms with van der Waals surface area (Å²) < 4.78 is 8.37. The number of aliphatic imine (C=N–C) groups is 1. The number of carbonyl (C=O) groups is 1. The lowest BCUT2D eigenvalue weighted by atomic mass is 9.88. The number of fused-ring (bicyclic) bond motifs is 1. The average Bonchev–Trinajstić information content (AvgIpc) is 3.30. The first-order valence-electron chi connectivity index (χ1n) is 15.1. The highest BCUT2D eigenvalue weighted by molar-refractivity contribution is 7.99. The molecule has 0 spiro atoms. The second-order valence-electron chi connectivity index (χ2n) is 11.8. The standard InChI is InChI=1S/C38H39N3O3S/c1-6-20-39-27(3)25-44-31-16-19-33-34(21-31)41(24-28-10-8-7-9-11-28)35(22-38(4,5)37(42)43)36(33)45-32-17-14-29(15-18-32)30-13-12-26(2)40-23-30/h7-21,23H,3,6,22,24-25H2,1-2,4-5H3,(H,42,43). The SMILES string of the molecule is C=C(COc1ccc2c(Sc3ccc(-c4ccc(C)nc4)cc3)c(CC(C)(C)C(=O)O)n(Cc3ccccc3)c2c1)N=CCC. The van der Waals surface area contributed by atoms with Crippen molar-refractivity contribution in [3.8, 4) is 16.9 Å². The van der Waals surface area contributed by atoms with Gasteiger partial charge in [0.2, 0.25) is 0 Å². The number of pyridine rings is 1. The van der Waals surface area contributed by atoms with Crippen molar-refractivity contribution in [3.05, 3.63) is 120 Å². The van der Waals surface area contributed by atoms with Gasteiger partial charge in [-0.05, 0) is 68.7 Å². The van der Waals surface area contributed by atoms with Gasteiger partial charge < -0.3 is 14.4 Å². The Kier molecular flexibility index (Phi) is 9.89. The Hall–Kier alpha value is -4.62. The normalized spacial score (nSPS) is 11.7. The Balaban J connectivity index is 1.60. The lowest BCUT2D eigenvalue weighted by Crippen LogP contribution is -2.27. The van der Waals surface area contributed by atoms with E-state index in [1.165, 1.54) is 0 Å². The van der Waals surface area contributed by atoms with Crippen molar-refractivity contribution >= 4 is 34.8 Å². The van der Waals surface area contributed by atoms with E-state index in [2.05, 4.69) is 69.7 Å². The number of hydrogen-bond acceptors (Lipinski definition) is 5. The van der Waals surface area contributed by atoms with Crippen molar-refractivity contribution in [2.24, 2.45) is 10.4 Å². The van der Waals surface area contributed by atoms with E-state index in [1.807, 2.05) is 62.7 Å². The van der Waals surface area contributed by atoms with Gasteiger partial charge in [0, 0.05) is 63.6 Å². The van der Waals surface area contributed by atoms with Crippen molar-refractivity contribution < 1.29 is 14.6 Å². The summed E-state index contributed by atoms with van der Waals surface area (Å²) in [6, 6.07) is 28.9. The summed E-state index contributed by atoms with van der Waals surface area (Å²) in [5.74, 6) is -0.125. The molecule has 0 unspecified atom stereocenters. The fraction of sp³-hybridized carbons (Fsp3) is 0.237. The third kappa shape index (κ3) is 7.73. The highest BCUT2D eigenvalue weighted by Crippen LogP contribution is 2.43.